The van der Waals surface area contributed by atoms with Gasteiger partial charge in [0.1, 0.15) is 0 Å². The molecule has 1 unspecified atom stereocenters. The Morgan fingerprint density at radius 1 is 1.20 bits per heavy atom. The summed E-state index contributed by atoms with van der Waals surface area (Å²) in [6.07, 6.45) is -4.28. The van der Waals surface area contributed by atoms with Crippen molar-refractivity contribution >= 4 is 5.69 Å². The van der Waals surface area contributed by atoms with Crippen LogP contribution in [0.25, 0.3) is 0 Å². The van der Waals surface area contributed by atoms with Crippen LogP contribution in [0.1, 0.15) is 12.5 Å². The van der Waals surface area contributed by atoms with Crippen molar-refractivity contribution in [3.05, 3.63) is 29.8 Å². The van der Waals surface area contributed by atoms with Gasteiger partial charge in [-0.1, -0.05) is 6.07 Å². The van der Waals surface area contributed by atoms with Gasteiger partial charge in [-0.15, -0.1) is 0 Å². The van der Waals surface area contributed by atoms with Gasteiger partial charge >= 0.3 is 6.18 Å². The fraction of sp³-hybridized carbons (Fsp3) is 0.571. The normalized spacial score (nSPS) is 19.1. The van der Waals surface area contributed by atoms with Gasteiger partial charge < -0.3 is 10.6 Å². The van der Waals surface area contributed by atoms with Crippen LogP contribution in [0.4, 0.5) is 18.9 Å². The highest BCUT2D eigenvalue weighted by Crippen LogP contribution is 2.31. The minimum atomic E-state index is -4.28. The summed E-state index contributed by atoms with van der Waals surface area (Å²) < 4.78 is 38.1. The highest BCUT2D eigenvalue weighted by Gasteiger charge is 2.31. The molecule has 0 bridgehead atoms. The fourth-order valence-electron chi connectivity index (χ4n) is 2.47. The largest absolute Gasteiger partial charge is 0.416 e. The molecule has 1 aliphatic rings. The maximum Gasteiger partial charge on any atom is 0.416 e. The zero-order valence-electron chi connectivity index (χ0n) is 11.5. The van der Waals surface area contributed by atoms with Crippen molar-refractivity contribution in [2.45, 2.75) is 19.1 Å². The van der Waals surface area contributed by atoms with Crippen molar-refractivity contribution < 1.29 is 13.2 Å². The van der Waals surface area contributed by atoms with E-state index in [1.807, 2.05) is 11.8 Å². The number of alkyl halides is 3. The molecular weight excluding hydrogens is 267 g/mol. The van der Waals surface area contributed by atoms with E-state index in [1.54, 1.807) is 6.07 Å². The molecule has 0 amide bonds. The predicted octanol–water partition coefficient (Wildman–Crippen LogP) is 2.17. The lowest BCUT2D eigenvalue weighted by molar-refractivity contribution is -0.137. The first-order valence-corrected chi connectivity index (χ1v) is 6.76. The molecule has 1 aliphatic heterocycles. The van der Waals surface area contributed by atoms with Crippen molar-refractivity contribution in [2.75, 3.05) is 37.6 Å². The second-order valence-corrected chi connectivity index (χ2v) is 5.31. The summed E-state index contributed by atoms with van der Waals surface area (Å²) in [5.41, 5.74) is 5.81. The van der Waals surface area contributed by atoms with Gasteiger partial charge in [-0.25, -0.2) is 0 Å². The molecule has 0 saturated carbocycles. The summed E-state index contributed by atoms with van der Waals surface area (Å²) in [4.78, 5) is 4.24. The Morgan fingerprint density at radius 3 is 2.40 bits per heavy atom. The first-order chi connectivity index (χ1) is 9.36. The van der Waals surface area contributed by atoms with Gasteiger partial charge in [0.05, 0.1) is 5.56 Å². The number of piperazine rings is 1. The first-order valence-electron chi connectivity index (χ1n) is 6.76. The quantitative estimate of drug-likeness (QED) is 0.925. The number of benzene rings is 1. The molecule has 20 heavy (non-hydrogen) atoms. The molecule has 0 aromatic heterocycles. The van der Waals surface area contributed by atoms with Crippen molar-refractivity contribution in [2.24, 2.45) is 5.73 Å². The van der Waals surface area contributed by atoms with E-state index in [9.17, 15) is 13.2 Å². The Hall–Kier alpha value is -1.27. The number of nitrogens with two attached hydrogens (primary N) is 1. The van der Waals surface area contributed by atoms with Crippen LogP contribution in [0, 0.1) is 0 Å². The third-order valence-corrected chi connectivity index (χ3v) is 3.46. The Labute approximate surface area is 117 Å². The van der Waals surface area contributed by atoms with Gasteiger partial charge in [-0.05, 0) is 25.1 Å². The fourth-order valence-corrected chi connectivity index (χ4v) is 2.47. The molecule has 1 aromatic carbocycles. The van der Waals surface area contributed by atoms with Crippen molar-refractivity contribution in [3.8, 4) is 0 Å². The maximum atomic E-state index is 12.7. The van der Waals surface area contributed by atoms with Crippen LogP contribution in [0.2, 0.25) is 0 Å². The number of halogens is 3. The zero-order valence-corrected chi connectivity index (χ0v) is 11.5. The van der Waals surface area contributed by atoms with Crippen LogP contribution in [-0.4, -0.2) is 43.7 Å². The minimum Gasteiger partial charge on any atom is -0.369 e. The van der Waals surface area contributed by atoms with Crippen LogP contribution >= 0.6 is 0 Å². The third-order valence-electron chi connectivity index (χ3n) is 3.46. The molecule has 0 radical (unpaired) electrons. The van der Waals surface area contributed by atoms with Crippen molar-refractivity contribution in [1.29, 1.82) is 0 Å². The van der Waals surface area contributed by atoms with Crippen LogP contribution in [-0.2, 0) is 6.18 Å². The highest BCUT2D eigenvalue weighted by molar-refractivity contribution is 5.49. The maximum absolute atomic E-state index is 12.7. The Balaban J connectivity index is 2.00. The molecular formula is C14H20F3N3. The van der Waals surface area contributed by atoms with Crippen LogP contribution in [0.15, 0.2) is 24.3 Å². The summed E-state index contributed by atoms with van der Waals surface area (Å²) in [6, 6.07) is 5.65. The highest BCUT2D eigenvalue weighted by atomic mass is 19.4. The van der Waals surface area contributed by atoms with Gasteiger partial charge in [-0.2, -0.15) is 13.2 Å². The molecule has 0 aliphatic carbocycles. The zero-order chi connectivity index (χ0) is 14.8. The average molecular weight is 287 g/mol. The molecule has 1 saturated heterocycles. The van der Waals surface area contributed by atoms with E-state index in [4.69, 9.17) is 5.73 Å². The smallest absolute Gasteiger partial charge is 0.369 e. The lowest BCUT2D eigenvalue weighted by atomic mass is 10.1. The van der Waals surface area contributed by atoms with Gasteiger partial charge in [0.2, 0.25) is 0 Å². The second-order valence-electron chi connectivity index (χ2n) is 5.31. The van der Waals surface area contributed by atoms with E-state index in [1.165, 1.54) is 12.1 Å². The Bertz CT molecular complexity index is 438. The van der Waals surface area contributed by atoms with Crippen LogP contribution in [0.3, 0.4) is 0 Å². The SMILES string of the molecule is CC(N)CN1CCN(c2cccc(C(F)(F)F)c2)CC1. The molecule has 1 fully saturated rings. The summed E-state index contributed by atoms with van der Waals surface area (Å²) >= 11 is 0. The molecule has 2 rings (SSSR count). The van der Waals surface area contributed by atoms with E-state index in [-0.39, 0.29) is 6.04 Å². The lowest BCUT2D eigenvalue weighted by Gasteiger charge is -2.37. The van der Waals surface area contributed by atoms with Crippen molar-refractivity contribution in [3.63, 3.8) is 0 Å². The Morgan fingerprint density at radius 2 is 1.85 bits per heavy atom. The molecule has 6 heteroatoms. The molecule has 3 nitrogen and oxygen atoms in total. The minimum absolute atomic E-state index is 0.120. The van der Waals surface area contributed by atoms with Gasteiger partial charge in [0.15, 0.2) is 0 Å². The van der Waals surface area contributed by atoms with E-state index in [2.05, 4.69) is 4.90 Å². The van der Waals surface area contributed by atoms with E-state index >= 15 is 0 Å². The predicted molar refractivity (Wildman–Crippen MR) is 73.7 cm³/mol. The number of hydrogen-bond acceptors (Lipinski definition) is 3. The van der Waals surface area contributed by atoms with Crippen LogP contribution in [0.5, 0.6) is 0 Å². The average Bonchev–Trinajstić information content (AvgIpc) is 2.38. The first kappa shape index (κ1) is 15.1. The third kappa shape index (κ3) is 3.86. The standard InChI is InChI=1S/C14H20F3N3/c1-11(18)10-19-5-7-20(8-6-19)13-4-2-3-12(9-13)14(15,16)17/h2-4,9,11H,5-8,10,18H2,1H3. The number of rotatable bonds is 3. The van der Waals surface area contributed by atoms with Gasteiger partial charge in [0, 0.05) is 44.5 Å². The summed E-state index contributed by atoms with van der Waals surface area (Å²) in [6.45, 7) is 5.91. The van der Waals surface area contributed by atoms with Crippen LogP contribution < -0.4 is 10.6 Å². The number of nitrogens with zero attached hydrogens (tertiary/aromatic N) is 2. The van der Waals surface area contributed by atoms with E-state index in [0.717, 1.165) is 38.8 Å². The molecule has 0 spiro atoms. The summed E-state index contributed by atoms with van der Waals surface area (Å²) in [5.74, 6) is 0. The monoisotopic (exact) mass is 287 g/mol. The molecule has 1 atom stereocenters. The van der Waals surface area contributed by atoms with Gasteiger partial charge in [0.25, 0.3) is 0 Å². The summed E-state index contributed by atoms with van der Waals surface area (Å²) in [5, 5.41) is 0. The Kier molecular flexibility index (Phi) is 4.55. The molecule has 112 valence electrons. The van der Waals surface area contributed by atoms with Gasteiger partial charge in [-0.3, -0.25) is 4.90 Å². The lowest BCUT2D eigenvalue weighted by Crippen LogP contribution is -2.49. The second kappa shape index (κ2) is 6.01. The molecule has 2 N–H and O–H groups in total. The number of anilines is 1. The van der Waals surface area contributed by atoms with E-state index in [0.29, 0.717) is 5.69 Å². The number of hydrogen-bond donors (Lipinski definition) is 1. The summed E-state index contributed by atoms with van der Waals surface area (Å²) in [7, 11) is 0. The topological polar surface area (TPSA) is 32.5 Å². The van der Waals surface area contributed by atoms with E-state index < -0.39 is 11.7 Å². The molecule has 1 heterocycles. The van der Waals surface area contributed by atoms with Crippen molar-refractivity contribution in [1.82, 2.24) is 4.90 Å². The molecule has 1 aromatic rings.